The van der Waals surface area contributed by atoms with E-state index >= 15 is 0 Å². The molecule has 0 aliphatic rings. The number of aryl methyl sites for hydroxylation is 1. The molecule has 1 amide bonds. The number of nitrogens with one attached hydrogen (secondary N) is 1. The molecule has 0 aliphatic carbocycles. The minimum Gasteiger partial charge on any atom is -0.389 e. The number of thiazole rings is 1. The van der Waals surface area contributed by atoms with Gasteiger partial charge in [0.25, 0.3) is 0 Å². The van der Waals surface area contributed by atoms with Crippen molar-refractivity contribution in [1.29, 1.82) is 0 Å². The van der Waals surface area contributed by atoms with Gasteiger partial charge in [-0.25, -0.2) is 4.98 Å². The molecule has 0 fully saturated rings. The van der Waals surface area contributed by atoms with Gasteiger partial charge in [-0.1, -0.05) is 72.5 Å². The molecule has 0 atom stereocenters. The first-order valence-electron chi connectivity index (χ1n) is 7.99. The van der Waals surface area contributed by atoms with Crippen molar-refractivity contribution in [2.24, 2.45) is 0 Å². The third kappa shape index (κ3) is 4.61. The van der Waals surface area contributed by atoms with Crippen LogP contribution in [0.2, 0.25) is 0 Å². The molecule has 0 radical (unpaired) electrons. The van der Waals surface area contributed by atoms with E-state index in [0.29, 0.717) is 10.8 Å². The Labute approximate surface area is 155 Å². The van der Waals surface area contributed by atoms with Crippen LogP contribution in [0.25, 0.3) is 11.3 Å². The number of aromatic nitrogens is 1. The van der Waals surface area contributed by atoms with Gasteiger partial charge in [0.2, 0.25) is 5.91 Å². The normalized spacial score (nSPS) is 10.6. The van der Waals surface area contributed by atoms with Gasteiger partial charge < -0.3 is 11.1 Å². The summed E-state index contributed by atoms with van der Waals surface area (Å²) in [5, 5.41) is 3.57. The number of carbonyl (C=O) groups excluding carboxylic acids is 1. The minimum absolute atomic E-state index is 0.0516. The molecule has 0 saturated carbocycles. The van der Waals surface area contributed by atoms with Gasteiger partial charge in [-0.05, 0) is 24.1 Å². The van der Waals surface area contributed by atoms with E-state index in [4.69, 9.17) is 5.73 Å². The highest BCUT2D eigenvalue weighted by molar-refractivity contribution is 8.01. The second kappa shape index (κ2) is 8.18. The van der Waals surface area contributed by atoms with Crippen molar-refractivity contribution in [2.45, 2.75) is 17.7 Å². The largest absolute Gasteiger partial charge is 0.389 e. The van der Waals surface area contributed by atoms with Crippen molar-refractivity contribution in [3.8, 4) is 11.3 Å². The van der Waals surface area contributed by atoms with Crippen molar-refractivity contribution in [1.82, 2.24) is 4.98 Å². The number of amides is 1. The van der Waals surface area contributed by atoms with Crippen molar-refractivity contribution in [2.75, 3.05) is 16.8 Å². The van der Waals surface area contributed by atoms with Crippen LogP contribution in [0.1, 0.15) is 12.5 Å². The topological polar surface area (TPSA) is 68.0 Å². The van der Waals surface area contributed by atoms with E-state index in [0.717, 1.165) is 27.7 Å². The Kier molecular flexibility index (Phi) is 5.73. The molecule has 4 nitrogen and oxygen atoms in total. The molecule has 1 heterocycles. The predicted molar refractivity (Wildman–Crippen MR) is 107 cm³/mol. The van der Waals surface area contributed by atoms with Crippen LogP contribution in [0.4, 0.5) is 10.7 Å². The highest BCUT2D eigenvalue weighted by atomic mass is 32.2. The molecule has 2 aromatic carbocycles. The lowest BCUT2D eigenvalue weighted by Crippen LogP contribution is -2.13. The van der Waals surface area contributed by atoms with Crippen molar-refractivity contribution < 1.29 is 4.79 Å². The summed E-state index contributed by atoms with van der Waals surface area (Å²) >= 11 is 2.81. The predicted octanol–water partition coefficient (Wildman–Crippen LogP) is 4.69. The number of carbonyl (C=O) groups is 1. The second-order valence-corrected chi connectivity index (χ2v) is 7.70. The zero-order chi connectivity index (χ0) is 17.6. The zero-order valence-electron chi connectivity index (χ0n) is 13.9. The smallest absolute Gasteiger partial charge is 0.234 e. The number of hydrogen-bond acceptors (Lipinski definition) is 5. The van der Waals surface area contributed by atoms with Crippen LogP contribution in [0, 0.1) is 0 Å². The number of nitrogen functional groups attached to an aromatic ring is 1. The fraction of sp³-hybridized carbons (Fsp3) is 0.158. The third-order valence-electron chi connectivity index (χ3n) is 3.65. The molecule has 6 heteroatoms. The second-order valence-electron chi connectivity index (χ2n) is 5.45. The monoisotopic (exact) mass is 369 g/mol. The highest BCUT2D eigenvalue weighted by Crippen LogP contribution is 2.35. The van der Waals surface area contributed by atoms with Gasteiger partial charge in [-0.3, -0.25) is 4.79 Å². The van der Waals surface area contributed by atoms with E-state index in [9.17, 15) is 4.79 Å². The quantitative estimate of drug-likeness (QED) is 0.619. The minimum atomic E-state index is -0.0516. The fourth-order valence-corrected chi connectivity index (χ4v) is 4.07. The molecule has 1 aromatic heterocycles. The summed E-state index contributed by atoms with van der Waals surface area (Å²) in [6, 6.07) is 17.7. The molecule has 25 heavy (non-hydrogen) atoms. The number of nitrogens with two attached hydrogens (primary N) is 1. The molecule has 3 N–H and O–H groups in total. The van der Waals surface area contributed by atoms with E-state index in [1.807, 2.05) is 54.6 Å². The first-order valence-corrected chi connectivity index (χ1v) is 9.79. The summed E-state index contributed by atoms with van der Waals surface area (Å²) in [5.74, 6) is 0.251. The fourth-order valence-electron chi connectivity index (χ4n) is 2.32. The number of anilines is 2. The van der Waals surface area contributed by atoms with Gasteiger partial charge in [0, 0.05) is 11.3 Å². The summed E-state index contributed by atoms with van der Waals surface area (Å²) in [5.41, 5.74) is 9.90. The van der Waals surface area contributed by atoms with E-state index in [-0.39, 0.29) is 5.91 Å². The Morgan fingerprint density at radius 1 is 1.16 bits per heavy atom. The molecule has 0 bridgehead atoms. The average molecular weight is 370 g/mol. The van der Waals surface area contributed by atoms with E-state index in [1.54, 1.807) is 0 Å². The van der Waals surface area contributed by atoms with Crippen LogP contribution in [0.15, 0.2) is 58.9 Å². The van der Waals surface area contributed by atoms with Crippen LogP contribution < -0.4 is 11.1 Å². The summed E-state index contributed by atoms with van der Waals surface area (Å²) < 4.78 is 0.799. The maximum absolute atomic E-state index is 12.1. The van der Waals surface area contributed by atoms with Crippen molar-refractivity contribution in [3.63, 3.8) is 0 Å². The molecule has 0 aliphatic heterocycles. The molecule has 0 saturated heterocycles. The van der Waals surface area contributed by atoms with Gasteiger partial charge in [-0.15, -0.1) is 0 Å². The molecule has 0 spiro atoms. The van der Waals surface area contributed by atoms with E-state index in [2.05, 4.69) is 17.2 Å². The Morgan fingerprint density at radius 3 is 2.56 bits per heavy atom. The molecular weight excluding hydrogens is 350 g/mol. The van der Waals surface area contributed by atoms with Gasteiger partial charge >= 0.3 is 0 Å². The number of benzene rings is 2. The summed E-state index contributed by atoms with van der Waals surface area (Å²) in [6.07, 6.45) is 0.985. The third-order valence-corrected chi connectivity index (χ3v) is 5.68. The number of hydrogen-bond donors (Lipinski definition) is 2. The molecule has 128 valence electrons. The zero-order valence-corrected chi connectivity index (χ0v) is 15.5. The lowest BCUT2D eigenvalue weighted by molar-refractivity contribution is -0.113. The van der Waals surface area contributed by atoms with E-state index in [1.165, 1.54) is 28.7 Å². The van der Waals surface area contributed by atoms with Gasteiger partial charge in [0.15, 0.2) is 4.34 Å². The average Bonchev–Trinajstić information content (AvgIpc) is 3.02. The standard InChI is InChI=1S/C19H19N3OS2/c1-2-13-8-10-15(11-9-13)21-16(23)12-24-19-22-17(18(20)25-19)14-6-4-3-5-7-14/h3-11H,2,12,20H2,1H3,(H,21,23). The Bertz CT molecular complexity index is 845. The SMILES string of the molecule is CCc1ccc(NC(=O)CSc2nc(-c3ccccc3)c(N)s2)cc1. The first-order chi connectivity index (χ1) is 12.2. The van der Waals surface area contributed by atoms with Crippen molar-refractivity contribution in [3.05, 3.63) is 60.2 Å². The number of thioether (sulfide) groups is 1. The van der Waals surface area contributed by atoms with Crippen LogP contribution in [0.5, 0.6) is 0 Å². The maximum Gasteiger partial charge on any atom is 0.234 e. The molecule has 3 rings (SSSR count). The molecular formula is C19H19N3OS2. The Hall–Kier alpha value is -2.31. The lowest BCUT2D eigenvalue weighted by Gasteiger charge is -2.05. The highest BCUT2D eigenvalue weighted by Gasteiger charge is 2.12. The van der Waals surface area contributed by atoms with Crippen LogP contribution in [-0.2, 0) is 11.2 Å². The van der Waals surface area contributed by atoms with Gasteiger partial charge in [0.1, 0.15) is 10.7 Å². The van der Waals surface area contributed by atoms with Crippen molar-refractivity contribution >= 4 is 39.7 Å². The summed E-state index contributed by atoms with van der Waals surface area (Å²) in [4.78, 5) is 16.7. The Balaban J connectivity index is 1.59. The Morgan fingerprint density at radius 2 is 1.88 bits per heavy atom. The van der Waals surface area contributed by atoms with Gasteiger partial charge in [-0.2, -0.15) is 0 Å². The van der Waals surface area contributed by atoms with Gasteiger partial charge in [0.05, 0.1) is 5.75 Å². The maximum atomic E-state index is 12.1. The molecule has 0 unspecified atom stereocenters. The summed E-state index contributed by atoms with van der Waals surface area (Å²) in [7, 11) is 0. The van der Waals surface area contributed by atoms with Crippen LogP contribution >= 0.6 is 23.1 Å². The number of nitrogens with zero attached hydrogens (tertiary/aromatic N) is 1. The number of rotatable bonds is 6. The van der Waals surface area contributed by atoms with Crippen LogP contribution in [0.3, 0.4) is 0 Å². The summed E-state index contributed by atoms with van der Waals surface area (Å²) in [6.45, 7) is 2.10. The van der Waals surface area contributed by atoms with E-state index < -0.39 is 0 Å². The van der Waals surface area contributed by atoms with Crippen LogP contribution in [-0.4, -0.2) is 16.6 Å². The first kappa shape index (κ1) is 17.5. The lowest BCUT2D eigenvalue weighted by atomic mass is 10.1. The molecule has 3 aromatic rings.